The van der Waals surface area contributed by atoms with Gasteiger partial charge < -0.3 is 10.5 Å². The first-order valence-corrected chi connectivity index (χ1v) is 8.67. The van der Waals surface area contributed by atoms with Gasteiger partial charge in [0.1, 0.15) is 17.2 Å². The number of ether oxygens (including phenoxy) is 1. The molecule has 0 fully saturated rings. The predicted molar refractivity (Wildman–Crippen MR) is 108 cm³/mol. The Bertz CT molecular complexity index is 1200. The van der Waals surface area contributed by atoms with Crippen molar-refractivity contribution in [1.29, 1.82) is 0 Å². The van der Waals surface area contributed by atoms with Gasteiger partial charge in [-0.2, -0.15) is 0 Å². The number of benzene rings is 2. The number of carbonyl (C=O) groups excluding carboxylic acids is 1. The van der Waals surface area contributed by atoms with Gasteiger partial charge in [-0.05, 0) is 48.2 Å². The Morgan fingerprint density at radius 3 is 2.78 bits per heavy atom. The highest BCUT2D eigenvalue weighted by Gasteiger charge is 2.16. The molecule has 0 spiro atoms. The molecule has 2 aromatic carbocycles. The summed E-state index contributed by atoms with van der Waals surface area (Å²) < 4.78 is 6.50. The van der Waals surface area contributed by atoms with Crippen molar-refractivity contribution in [2.45, 2.75) is 6.92 Å². The molecule has 6 nitrogen and oxygen atoms in total. The van der Waals surface area contributed by atoms with Crippen molar-refractivity contribution in [1.82, 2.24) is 9.38 Å². The van der Waals surface area contributed by atoms with Crippen LogP contribution in [0.2, 0.25) is 5.02 Å². The lowest BCUT2D eigenvalue weighted by molar-refractivity contribution is 0.187. The lowest BCUT2D eigenvalue weighted by Gasteiger charge is -2.06. The third kappa shape index (κ3) is 2.94. The number of amides is 1. The summed E-state index contributed by atoms with van der Waals surface area (Å²) in [5.74, 6) is 0.545. The Hall–Kier alpha value is -3.25. The molecule has 4 rings (SSSR count). The molecule has 27 heavy (non-hydrogen) atoms. The van der Waals surface area contributed by atoms with E-state index in [1.807, 2.05) is 60.0 Å². The number of aromatic nitrogens is 2. The van der Waals surface area contributed by atoms with Gasteiger partial charge in [0.15, 0.2) is 0 Å². The number of nitrogen functional groups attached to an aromatic ring is 1. The molecule has 4 aromatic rings. The van der Waals surface area contributed by atoms with Crippen molar-refractivity contribution in [2.75, 3.05) is 18.2 Å². The summed E-state index contributed by atoms with van der Waals surface area (Å²) in [5, 5.41) is 5.20. The Kier molecular flexibility index (Phi) is 4.12. The molecular formula is C20H17ClN4O2. The van der Waals surface area contributed by atoms with Crippen LogP contribution in [0.1, 0.15) is 5.56 Å². The molecule has 0 radical (unpaired) electrons. The third-order valence-corrected chi connectivity index (χ3v) is 4.76. The van der Waals surface area contributed by atoms with Crippen molar-refractivity contribution in [3.05, 3.63) is 59.2 Å². The molecule has 0 aliphatic heterocycles. The lowest BCUT2D eigenvalue weighted by Crippen LogP contribution is -2.10. The summed E-state index contributed by atoms with van der Waals surface area (Å²) in [5.41, 5.74) is 10.3. The standard InChI is InChI=1S/C20H17ClN4O2/c1-11-9-13(21)4-6-15(11)17-18(22)25-8-7-12-3-5-14(23-20(26)27-2)10-16(12)19(25)24-17/h3-10H,22H2,1-2H3,(H,23,26). The molecule has 0 atom stereocenters. The maximum Gasteiger partial charge on any atom is 0.411 e. The number of carbonyl (C=O) groups is 1. The largest absolute Gasteiger partial charge is 0.453 e. The molecule has 0 aliphatic carbocycles. The van der Waals surface area contributed by atoms with E-state index in [0.717, 1.165) is 21.9 Å². The number of nitrogens with zero attached hydrogens (tertiary/aromatic N) is 2. The molecule has 1 amide bonds. The van der Waals surface area contributed by atoms with Gasteiger partial charge in [-0.1, -0.05) is 23.7 Å². The predicted octanol–water partition coefficient (Wildman–Crippen LogP) is 4.88. The third-order valence-electron chi connectivity index (χ3n) is 4.52. The van der Waals surface area contributed by atoms with Gasteiger partial charge in [-0.3, -0.25) is 9.72 Å². The van der Waals surface area contributed by atoms with E-state index in [9.17, 15) is 4.79 Å². The van der Waals surface area contributed by atoms with Crippen molar-refractivity contribution >= 4 is 45.6 Å². The van der Waals surface area contributed by atoms with Crippen LogP contribution < -0.4 is 11.1 Å². The zero-order chi connectivity index (χ0) is 19.1. The summed E-state index contributed by atoms with van der Waals surface area (Å²) in [4.78, 5) is 16.3. The molecule has 0 aliphatic rings. The van der Waals surface area contributed by atoms with Crippen molar-refractivity contribution in [3.63, 3.8) is 0 Å². The molecule has 0 saturated heterocycles. The topological polar surface area (TPSA) is 81.6 Å². The fourth-order valence-electron chi connectivity index (χ4n) is 3.17. The van der Waals surface area contributed by atoms with Crippen LogP contribution in [0, 0.1) is 6.92 Å². The number of aryl methyl sites for hydroxylation is 1. The SMILES string of the molecule is COC(=O)Nc1ccc2ccn3c(N)c(-c4ccc(Cl)cc4C)nc3c2c1. The minimum atomic E-state index is -0.526. The number of methoxy groups -OCH3 is 1. The van der Waals surface area contributed by atoms with Gasteiger partial charge in [0.25, 0.3) is 0 Å². The average molecular weight is 381 g/mol. The highest BCUT2D eigenvalue weighted by Crippen LogP contribution is 2.33. The number of pyridine rings is 1. The van der Waals surface area contributed by atoms with E-state index in [2.05, 4.69) is 10.1 Å². The molecule has 0 unspecified atom stereocenters. The van der Waals surface area contributed by atoms with Crippen LogP contribution in [-0.4, -0.2) is 22.6 Å². The number of hydrogen-bond acceptors (Lipinski definition) is 4. The summed E-state index contributed by atoms with van der Waals surface area (Å²) in [6, 6.07) is 13.2. The quantitative estimate of drug-likeness (QED) is 0.519. The Morgan fingerprint density at radius 2 is 2.04 bits per heavy atom. The highest BCUT2D eigenvalue weighted by atomic mass is 35.5. The van der Waals surface area contributed by atoms with Crippen LogP contribution in [-0.2, 0) is 4.74 Å². The van der Waals surface area contributed by atoms with E-state index in [-0.39, 0.29) is 0 Å². The first-order chi connectivity index (χ1) is 13.0. The van der Waals surface area contributed by atoms with Crippen molar-refractivity contribution in [2.24, 2.45) is 0 Å². The number of nitrogens with two attached hydrogens (primary N) is 1. The van der Waals surface area contributed by atoms with E-state index in [1.165, 1.54) is 7.11 Å². The molecule has 136 valence electrons. The van der Waals surface area contributed by atoms with E-state index in [1.54, 1.807) is 0 Å². The molecule has 2 heterocycles. The minimum Gasteiger partial charge on any atom is -0.453 e. The van der Waals surface area contributed by atoms with Crippen LogP contribution in [0.5, 0.6) is 0 Å². The van der Waals surface area contributed by atoms with Gasteiger partial charge in [0.2, 0.25) is 0 Å². The van der Waals surface area contributed by atoms with Gasteiger partial charge in [0, 0.05) is 27.9 Å². The molecule has 0 bridgehead atoms. The van der Waals surface area contributed by atoms with Gasteiger partial charge in [-0.25, -0.2) is 9.78 Å². The van der Waals surface area contributed by atoms with E-state index in [4.69, 9.17) is 22.3 Å². The van der Waals surface area contributed by atoms with E-state index in [0.29, 0.717) is 27.9 Å². The summed E-state index contributed by atoms with van der Waals surface area (Å²) >= 11 is 6.07. The zero-order valence-corrected chi connectivity index (χ0v) is 15.5. The molecule has 2 aromatic heterocycles. The van der Waals surface area contributed by atoms with Crippen LogP contribution >= 0.6 is 11.6 Å². The van der Waals surface area contributed by atoms with Crippen molar-refractivity contribution in [3.8, 4) is 11.3 Å². The fourth-order valence-corrected chi connectivity index (χ4v) is 3.40. The number of fused-ring (bicyclic) bond motifs is 3. The average Bonchev–Trinajstić information content (AvgIpc) is 2.98. The zero-order valence-electron chi connectivity index (χ0n) is 14.8. The van der Waals surface area contributed by atoms with Gasteiger partial charge >= 0.3 is 6.09 Å². The van der Waals surface area contributed by atoms with Crippen LogP contribution in [0.3, 0.4) is 0 Å². The van der Waals surface area contributed by atoms with Crippen LogP contribution in [0.25, 0.3) is 27.7 Å². The van der Waals surface area contributed by atoms with Gasteiger partial charge in [-0.15, -0.1) is 0 Å². The molecule has 3 N–H and O–H groups in total. The van der Waals surface area contributed by atoms with Crippen LogP contribution in [0.15, 0.2) is 48.7 Å². The maximum atomic E-state index is 11.5. The maximum absolute atomic E-state index is 11.5. The Labute approximate surface area is 160 Å². The normalized spacial score (nSPS) is 11.1. The smallest absolute Gasteiger partial charge is 0.411 e. The number of nitrogens with one attached hydrogen (secondary N) is 1. The first kappa shape index (κ1) is 17.2. The number of halogens is 1. The number of imidazole rings is 1. The minimum absolute atomic E-state index is 0.526. The Morgan fingerprint density at radius 1 is 1.22 bits per heavy atom. The second-order valence-corrected chi connectivity index (χ2v) is 6.67. The molecule has 7 heteroatoms. The van der Waals surface area contributed by atoms with E-state index < -0.39 is 6.09 Å². The summed E-state index contributed by atoms with van der Waals surface area (Å²) in [6.07, 6.45) is 1.36. The molecule has 0 saturated carbocycles. The second-order valence-electron chi connectivity index (χ2n) is 6.23. The number of rotatable bonds is 2. The number of hydrogen-bond donors (Lipinski definition) is 2. The second kappa shape index (κ2) is 6.48. The Balaban J connectivity index is 1.93. The van der Waals surface area contributed by atoms with Gasteiger partial charge in [0.05, 0.1) is 7.11 Å². The lowest BCUT2D eigenvalue weighted by atomic mass is 10.1. The highest BCUT2D eigenvalue weighted by molar-refractivity contribution is 6.30. The fraction of sp³-hybridized carbons (Fsp3) is 0.100. The van der Waals surface area contributed by atoms with E-state index >= 15 is 0 Å². The van der Waals surface area contributed by atoms with Crippen LogP contribution in [0.4, 0.5) is 16.3 Å². The summed E-state index contributed by atoms with van der Waals surface area (Å²) in [6.45, 7) is 1.97. The molecular weight excluding hydrogens is 364 g/mol. The number of anilines is 2. The van der Waals surface area contributed by atoms with Crippen molar-refractivity contribution < 1.29 is 9.53 Å². The summed E-state index contributed by atoms with van der Waals surface area (Å²) in [7, 11) is 1.32. The monoisotopic (exact) mass is 380 g/mol. The first-order valence-electron chi connectivity index (χ1n) is 8.29.